The Balaban J connectivity index is 2.11. The van der Waals surface area contributed by atoms with Gasteiger partial charge in [0.15, 0.2) is 5.11 Å². The highest BCUT2D eigenvalue weighted by Gasteiger charge is 1.99. The van der Waals surface area contributed by atoms with Crippen LogP contribution in [0.5, 0.6) is 0 Å². The van der Waals surface area contributed by atoms with E-state index in [1.54, 1.807) is 12.4 Å². The third-order valence-corrected chi connectivity index (χ3v) is 2.37. The van der Waals surface area contributed by atoms with Gasteiger partial charge in [-0.25, -0.2) is 0 Å². The second-order valence-electron chi connectivity index (χ2n) is 3.36. The van der Waals surface area contributed by atoms with E-state index in [-0.39, 0.29) is 6.61 Å². The minimum atomic E-state index is 0.0466. The van der Waals surface area contributed by atoms with Crippen LogP contribution in [0.25, 0.3) is 11.0 Å². The van der Waals surface area contributed by atoms with Crippen molar-refractivity contribution in [2.75, 3.05) is 18.5 Å². The first-order chi connectivity index (χ1) is 8.29. The number of aromatic nitrogens is 2. The molecule has 17 heavy (non-hydrogen) atoms. The maximum atomic E-state index is 8.65. The number of fused-ring (bicyclic) bond motifs is 1. The molecule has 6 heteroatoms. The molecule has 0 bridgehead atoms. The Hall–Kier alpha value is -1.79. The molecule has 0 atom stereocenters. The zero-order valence-corrected chi connectivity index (χ0v) is 9.87. The summed E-state index contributed by atoms with van der Waals surface area (Å²) in [5, 5.41) is 15.0. The van der Waals surface area contributed by atoms with Crippen molar-refractivity contribution < 1.29 is 5.11 Å². The Morgan fingerprint density at radius 3 is 2.76 bits per heavy atom. The van der Waals surface area contributed by atoms with E-state index in [9.17, 15) is 0 Å². The van der Waals surface area contributed by atoms with Crippen LogP contribution < -0.4 is 10.6 Å². The highest BCUT2D eigenvalue weighted by molar-refractivity contribution is 7.80. The first-order valence-corrected chi connectivity index (χ1v) is 5.57. The van der Waals surface area contributed by atoms with Crippen LogP contribution in [0.3, 0.4) is 0 Å². The molecule has 2 aromatic rings. The summed E-state index contributed by atoms with van der Waals surface area (Å²) in [7, 11) is 0. The van der Waals surface area contributed by atoms with E-state index >= 15 is 0 Å². The first-order valence-electron chi connectivity index (χ1n) is 5.16. The van der Waals surface area contributed by atoms with Crippen LogP contribution in [0, 0.1) is 0 Å². The van der Waals surface area contributed by atoms with Crippen LogP contribution in [0.15, 0.2) is 30.6 Å². The number of aliphatic hydroxyl groups excluding tert-OH is 1. The molecular formula is C11H12N4OS. The summed E-state index contributed by atoms with van der Waals surface area (Å²) in [6.07, 6.45) is 3.30. The lowest BCUT2D eigenvalue weighted by atomic mass is 10.2. The molecule has 0 radical (unpaired) electrons. The molecule has 0 saturated carbocycles. The number of anilines is 1. The zero-order valence-electron chi connectivity index (χ0n) is 9.05. The Kier molecular flexibility index (Phi) is 3.79. The quantitative estimate of drug-likeness (QED) is 0.701. The molecule has 0 unspecified atom stereocenters. The Morgan fingerprint density at radius 1 is 1.24 bits per heavy atom. The minimum absolute atomic E-state index is 0.0466. The number of nitrogens with one attached hydrogen (secondary N) is 2. The predicted octanol–water partition coefficient (Wildman–Crippen LogP) is 0.908. The van der Waals surface area contributed by atoms with Crippen LogP contribution in [-0.4, -0.2) is 33.3 Å². The smallest absolute Gasteiger partial charge is 0.170 e. The maximum absolute atomic E-state index is 8.65. The van der Waals surface area contributed by atoms with Crippen molar-refractivity contribution in [3.63, 3.8) is 0 Å². The molecule has 0 spiro atoms. The molecule has 0 aliphatic heterocycles. The van der Waals surface area contributed by atoms with Gasteiger partial charge in [-0.1, -0.05) is 0 Å². The van der Waals surface area contributed by atoms with E-state index in [0.717, 1.165) is 16.7 Å². The molecule has 0 amide bonds. The highest BCUT2D eigenvalue weighted by Crippen LogP contribution is 2.14. The molecule has 0 fully saturated rings. The fraction of sp³-hybridized carbons (Fsp3) is 0.182. The van der Waals surface area contributed by atoms with Crippen molar-refractivity contribution >= 4 is 34.1 Å². The van der Waals surface area contributed by atoms with Gasteiger partial charge in [-0.05, 0) is 30.4 Å². The van der Waals surface area contributed by atoms with Crippen molar-refractivity contribution in [3.8, 4) is 0 Å². The highest BCUT2D eigenvalue weighted by atomic mass is 32.1. The lowest BCUT2D eigenvalue weighted by Crippen LogP contribution is -2.30. The topological polar surface area (TPSA) is 70.1 Å². The van der Waals surface area contributed by atoms with Gasteiger partial charge in [0.05, 0.1) is 17.6 Å². The monoisotopic (exact) mass is 248 g/mol. The molecule has 0 saturated heterocycles. The second-order valence-corrected chi connectivity index (χ2v) is 3.77. The number of benzene rings is 1. The normalized spacial score (nSPS) is 10.2. The number of nitrogens with zero attached hydrogens (tertiary/aromatic N) is 2. The van der Waals surface area contributed by atoms with Crippen molar-refractivity contribution in [1.29, 1.82) is 0 Å². The van der Waals surface area contributed by atoms with Gasteiger partial charge in [-0.3, -0.25) is 9.97 Å². The number of hydrogen-bond donors (Lipinski definition) is 3. The van der Waals surface area contributed by atoms with E-state index in [4.69, 9.17) is 17.3 Å². The third-order valence-electron chi connectivity index (χ3n) is 2.12. The number of aliphatic hydroxyl groups is 1. The van der Waals surface area contributed by atoms with E-state index in [0.29, 0.717) is 11.7 Å². The van der Waals surface area contributed by atoms with E-state index in [2.05, 4.69) is 20.6 Å². The molecule has 5 nitrogen and oxygen atoms in total. The summed E-state index contributed by atoms with van der Waals surface area (Å²) in [6.45, 7) is 0.476. The standard InChI is InChI=1S/C11H12N4OS/c16-6-5-14-11(17)15-8-1-2-9-10(7-8)13-4-3-12-9/h1-4,7,16H,5-6H2,(H2,14,15,17). The average molecular weight is 248 g/mol. The summed E-state index contributed by atoms with van der Waals surface area (Å²) >= 11 is 5.05. The summed E-state index contributed by atoms with van der Waals surface area (Å²) in [4.78, 5) is 8.38. The van der Waals surface area contributed by atoms with Gasteiger partial charge in [0.2, 0.25) is 0 Å². The van der Waals surface area contributed by atoms with Crippen LogP contribution in [0.2, 0.25) is 0 Å². The predicted molar refractivity (Wildman–Crippen MR) is 70.8 cm³/mol. The lowest BCUT2D eigenvalue weighted by molar-refractivity contribution is 0.301. The first kappa shape index (κ1) is 11.7. The van der Waals surface area contributed by atoms with Gasteiger partial charge in [0, 0.05) is 24.6 Å². The third kappa shape index (κ3) is 3.08. The number of hydrogen-bond acceptors (Lipinski definition) is 4. The molecular weight excluding hydrogens is 236 g/mol. The number of thiocarbonyl (C=S) groups is 1. The molecule has 1 aromatic heterocycles. The van der Waals surface area contributed by atoms with Gasteiger partial charge in [-0.15, -0.1) is 0 Å². The van der Waals surface area contributed by atoms with Crippen LogP contribution >= 0.6 is 12.2 Å². The molecule has 2 rings (SSSR count). The second kappa shape index (κ2) is 5.51. The molecule has 3 N–H and O–H groups in total. The van der Waals surface area contributed by atoms with E-state index in [1.807, 2.05) is 18.2 Å². The van der Waals surface area contributed by atoms with Crippen molar-refractivity contribution in [2.24, 2.45) is 0 Å². The fourth-order valence-electron chi connectivity index (χ4n) is 1.39. The van der Waals surface area contributed by atoms with Crippen LogP contribution in [-0.2, 0) is 0 Å². The molecule has 1 heterocycles. The average Bonchev–Trinajstić information content (AvgIpc) is 2.36. The maximum Gasteiger partial charge on any atom is 0.170 e. The van der Waals surface area contributed by atoms with Gasteiger partial charge in [0.1, 0.15) is 0 Å². The van der Waals surface area contributed by atoms with Crippen molar-refractivity contribution in [2.45, 2.75) is 0 Å². The number of rotatable bonds is 3. The molecule has 88 valence electrons. The van der Waals surface area contributed by atoms with Gasteiger partial charge in [0.25, 0.3) is 0 Å². The lowest BCUT2D eigenvalue weighted by Gasteiger charge is -2.09. The van der Waals surface area contributed by atoms with Crippen LogP contribution in [0.4, 0.5) is 5.69 Å². The van der Waals surface area contributed by atoms with Gasteiger partial charge >= 0.3 is 0 Å². The summed E-state index contributed by atoms with van der Waals surface area (Å²) in [6, 6.07) is 5.62. The van der Waals surface area contributed by atoms with E-state index in [1.165, 1.54) is 0 Å². The fourth-order valence-corrected chi connectivity index (χ4v) is 1.61. The van der Waals surface area contributed by atoms with Gasteiger partial charge in [-0.2, -0.15) is 0 Å². The molecule has 0 aliphatic carbocycles. The van der Waals surface area contributed by atoms with Crippen LogP contribution in [0.1, 0.15) is 0 Å². The Bertz CT molecular complexity index is 532. The van der Waals surface area contributed by atoms with E-state index < -0.39 is 0 Å². The zero-order chi connectivity index (χ0) is 12.1. The molecule has 1 aromatic carbocycles. The molecule has 0 aliphatic rings. The Labute approximate surface area is 104 Å². The van der Waals surface area contributed by atoms with Crippen molar-refractivity contribution in [1.82, 2.24) is 15.3 Å². The summed E-state index contributed by atoms with van der Waals surface area (Å²) in [5.41, 5.74) is 2.49. The largest absolute Gasteiger partial charge is 0.395 e. The van der Waals surface area contributed by atoms with Crippen molar-refractivity contribution in [3.05, 3.63) is 30.6 Å². The minimum Gasteiger partial charge on any atom is -0.395 e. The summed E-state index contributed by atoms with van der Waals surface area (Å²) in [5.74, 6) is 0. The van der Waals surface area contributed by atoms with Gasteiger partial charge < -0.3 is 15.7 Å². The SMILES string of the molecule is OCCNC(=S)Nc1ccc2nccnc2c1. The Morgan fingerprint density at radius 2 is 2.00 bits per heavy atom. The summed E-state index contributed by atoms with van der Waals surface area (Å²) < 4.78 is 0.